The Morgan fingerprint density at radius 3 is 2.42 bits per heavy atom. The third kappa shape index (κ3) is 2.76. The highest BCUT2D eigenvalue weighted by molar-refractivity contribution is 6.08. The van der Waals surface area contributed by atoms with E-state index in [-0.39, 0.29) is 12.2 Å². The van der Waals surface area contributed by atoms with Crippen LogP contribution in [0.2, 0.25) is 0 Å². The van der Waals surface area contributed by atoms with Gasteiger partial charge in [-0.3, -0.25) is 0 Å². The van der Waals surface area contributed by atoms with Crippen molar-refractivity contribution in [2.24, 2.45) is 0 Å². The molecule has 0 unspecified atom stereocenters. The molecule has 0 aliphatic carbocycles. The Morgan fingerprint density at radius 2 is 1.75 bits per heavy atom. The fraction of sp³-hybridized carbons (Fsp3) is 0.158. The van der Waals surface area contributed by atoms with Crippen molar-refractivity contribution in [2.75, 3.05) is 6.61 Å². The molecule has 0 saturated carbocycles. The summed E-state index contributed by atoms with van der Waals surface area (Å²) in [5, 5.41) is 9.55. The second-order valence-corrected chi connectivity index (χ2v) is 5.21. The maximum atomic E-state index is 12.5. The smallest absolute Gasteiger partial charge is 0.349 e. The topological polar surface area (TPSA) is 72.8 Å². The fourth-order valence-corrected chi connectivity index (χ4v) is 2.75. The predicted octanol–water partition coefficient (Wildman–Crippen LogP) is 2.90. The average Bonchev–Trinajstić information content (AvgIpc) is 2.60. The quantitative estimate of drug-likeness (QED) is 0.876. The van der Waals surface area contributed by atoms with Crippen LogP contribution in [0.25, 0.3) is 5.57 Å². The van der Waals surface area contributed by atoms with Crippen molar-refractivity contribution < 1.29 is 24.2 Å². The lowest BCUT2D eigenvalue weighted by Gasteiger charge is -2.28. The molecule has 5 heteroatoms. The first-order valence-electron chi connectivity index (χ1n) is 7.59. The van der Waals surface area contributed by atoms with E-state index in [0.717, 1.165) is 5.56 Å². The highest BCUT2D eigenvalue weighted by Crippen LogP contribution is 2.40. The van der Waals surface area contributed by atoms with Gasteiger partial charge in [0.25, 0.3) is 0 Å². The molecule has 1 atom stereocenters. The van der Waals surface area contributed by atoms with Crippen LogP contribution < -0.4 is 4.74 Å². The molecular weight excluding hydrogens is 308 g/mol. The molecule has 0 amide bonds. The van der Waals surface area contributed by atoms with Crippen LogP contribution in [0, 0.1) is 0 Å². The summed E-state index contributed by atoms with van der Waals surface area (Å²) in [6.45, 7) is 1.83. The van der Waals surface area contributed by atoms with Gasteiger partial charge < -0.3 is 14.6 Å². The lowest BCUT2D eigenvalue weighted by atomic mass is 9.88. The number of carbonyl (C=O) groups excluding carboxylic acids is 1. The molecule has 5 nitrogen and oxygen atoms in total. The molecule has 0 spiro atoms. The fourth-order valence-electron chi connectivity index (χ4n) is 2.75. The highest BCUT2D eigenvalue weighted by Gasteiger charge is 2.38. The normalized spacial score (nSPS) is 16.1. The number of para-hydroxylation sites is 1. The van der Waals surface area contributed by atoms with E-state index in [1.54, 1.807) is 25.1 Å². The van der Waals surface area contributed by atoms with Crippen LogP contribution in [0.4, 0.5) is 0 Å². The Hall–Kier alpha value is -3.08. The van der Waals surface area contributed by atoms with Crippen molar-refractivity contribution in [1.29, 1.82) is 0 Å². The molecular formula is C19H16O5. The van der Waals surface area contributed by atoms with Gasteiger partial charge in [-0.1, -0.05) is 48.5 Å². The SMILES string of the molecule is CCOC(=O)C1=C(c2ccccc2)c2ccccc2O[C@H]1C(=O)O. The molecule has 1 N–H and O–H groups in total. The Labute approximate surface area is 139 Å². The summed E-state index contributed by atoms with van der Waals surface area (Å²) in [6, 6.07) is 16.2. The molecule has 0 radical (unpaired) electrons. The molecule has 2 aromatic carbocycles. The Balaban J connectivity index is 2.31. The molecule has 0 saturated heterocycles. The summed E-state index contributed by atoms with van der Waals surface area (Å²) in [4.78, 5) is 24.2. The monoisotopic (exact) mass is 324 g/mol. The molecule has 0 aromatic heterocycles. The number of rotatable bonds is 4. The first-order chi connectivity index (χ1) is 11.6. The molecule has 1 heterocycles. The number of benzene rings is 2. The van der Waals surface area contributed by atoms with E-state index in [1.165, 1.54) is 0 Å². The first kappa shape index (κ1) is 15.8. The largest absolute Gasteiger partial charge is 0.478 e. The predicted molar refractivity (Wildman–Crippen MR) is 87.6 cm³/mol. The average molecular weight is 324 g/mol. The number of carboxylic acids is 1. The van der Waals surface area contributed by atoms with Crippen LogP contribution in [0.3, 0.4) is 0 Å². The van der Waals surface area contributed by atoms with Gasteiger partial charge in [-0.15, -0.1) is 0 Å². The number of carbonyl (C=O) groups is 2. The minimum atomic E-state index is -1.41. The van der Waals surface area contributed by atoms with Crippen LogP contribution in [0.15, 0.2) is 60.2 Å². The van der Waals surface area contributed by atoms with Crippen LogP contribution in [0.5, 0.6) is 5.75 Å². The van der Waals surface area contributed by atoms with E-state index in [9.17, 15) is 14.7 Å². The van der Waals surface area contributed by atoms with Gasteiger partial charge in [0.1, 0.15) is 5.75 Å². The standard InChI is InChI=1S/C19H16O5/c1-2-23-19(22)16-15(12-8-4-3-5-9-12)13-10-6-7-11-14(13)24-17(16)18(20)21/h3-11,17H,2H2,1H3,(H,20,21)/t17-/m1/s1. The third-order valence-corrected chi connectivity index (χ3v) is 3.71. The minimum Gasteiger partial charge on any atom is -0.478 e. The van der Waals surface area contributed by atoms with E-state index in [2.05, 4.69) is 0 Å². The maximum Gasteiger partial charge on any atom is 0.349 e. The second kappa shape index (κ2) is 6.58. The molecule has 24 heavy (non-hydrogen) atoms. The zero-order valence-corrected chi connectivity index (χ0v) is 13.1. The molecule has 0 bridgehead atoms. The molecule has 1 aliphatic rings. The van der Waals surface area contributed by atoms with Crippen molar-refractivity contribution in [1.82, 2.24) is 0 Å². The molecule has 0 fully saturated rings. The summed E-state index contributed by atoms with van der Waals surface area (Å²) in [6.07, 6.45) is -1.41. The van der Waals surface area contributed by atoms with Crippen molar-refractivity contribution in [3.8, 4) is 5.75 Å². The number of aliphatic carboxylic acids is 1. The lowest BCUT2D eigenvalue weighted by Crippen LogP contribution is -2.37. The van der Waals surface area contributed by atoms with E-state index in [4.69, 9.17) is 9.47 Å². The van der Waals surface area contributed by atoms with E-state index < -0.39 is 18.0 Å². The minimum absolute atomic E-state index is 0.00856. The second-order valence-electron chi connectivity index (χ2n) is 5.21. The number of esters is 1. The van der Waals surface area contributed by atoms with Gasteiger partial charge in [-0.25, -0.2) is 9.59 Å². The van der Waals surface area contributed by atoms with Crippen molar-refractivity contribution in [3.05, 3.63) is 71.3 Å². The van der Waals surface area contributed by atoms with Crippen molar-refractivity contribution in [3.63, 3.8) is 0 Å². The Morgan fingerprint density at radius 1 is 1.08 bits per heavy atom. The third-order valence-electron chi connectivity index (χ3n) is 3.71. The molecule has 122 valence electrons. The summed E-state index contributed by atoms with van der Waals surface area (Å²) in [5.74, 6) is -1.49. The maximum absolute atomic E-state index is 12.5. The van der Waals surface area contributed by atoms with E-state index >= 15 is 0 Å². The summed E-state index contributed by atoms with van der Waals surface area (Å²) >= 11 is 0. The zero-order valence-electron chi connectivity index (χ0n) is 13.1. The van der Waals surface area contributed by atoms with E-state index in [1.807, 2.05) is 36.4 Å². The van der Waals surface area contributed by atoms with Gasteiger partial charge in [0.2, 0.25) is 6.10 Å². The Bertz CT molecular complexity index is 808. The van der Waals surface area contributed by atoms with Gasteiger partial charge in [-0.05, 0) is 18.6 Å². The first-order valence-corrected chi connectivity index (χ1v) is 7.59. The number of fused-ring (bicyclic) bond motifs is 1. The molecule has 3 rings (SSSR count). The van der Waals surface area contributed by atoms with Crippen LogP contribution in [0.1, 0.15) is 18.1 Å². The van der Waals surface area contributed by atoms with Crippen LogP contribution >= 0.6 is 0 Å². The number of hydrogen-bond donors (Lipinski definition) is 1. The number of carboxylic acid groups (broad SMARTS) is 1. The summed E-state index contributed by atoms with van der Waals surface area (Å²) in [7, 11) is 0. The van der Waals surface area contributed by atoms with Gasteiger partial charge in [0.15, 0.2) is 0 Å². The van der Waals surface area contributed by atoms with Crippen molar-refractivity contribution in [2.45, 2.75) is 13.0 Å². The summed E-state index contributed by atoms with van der Waals surface area (Å²) in [5.41, 5.74) is 1.95. The zero-order chi connectivity index (χ0) is 17.1. The van der Waals surface area contributed by atoms with E-state index in [0.29, 0.717) is 16.9 Å². The van der Waals surface area contributed by atoms with Crippen molar-refractivity contribution >= 4 is 17.5 Å². The number of ether oxygens (including phenoxy) is 2. The van der Waals surface area contributed by atoms with Crippen LogP contribution in [-0.2, 0) is 14.3 Å². The summed E-state index contributed by atoms with van der Waals surface area (Å²) < 4.78 is 10.7. The van der Waals surface area contributed by atoms with Crippen LogP contribution in [-0.4, -0.2) is 29.8 Å². The molecule has 2 aromatic rings. The Kier molecular flexibility index (Phi) is 4.33. The molecule has 1 aliphatic heterocycles. The van der Waals surface area contributed by atoms with Gasteiger partial charge in [0.05, 0.1) is 12.2 Å². The lowest BCUT2D eigenvalue weighted by molar-refractivity contribution is -0.148. The van der Waals surface area contributed by atoms with Gasteiger partial charge in [-0.2, -0.15) is 0 Å². The number of hydrogen-bond acceptors (Lipinski definition) is 4. The van der Waals surface area contributed by atoms with Gasteiger partial charge in [0, 0.05) is 11.1 Å². The highest BCUT2D eigenvalue weighted by atomic mass is 16.5. The van der Waals surface area contributed by atoms with Gasteiger partial charge >= 0.3 is 11.9 Å².